The monoisotopic (exact) mass is 373 g/mol. The predicted molar refractivity (Wildman–Crippen MR) is 99.0 cm³/mol. The first-order valence-electron chi connectivity index (χ1n) is 8.20. The molecule has 1 heterocycles. The second-order valence-electron chi connectivity index (χ2n) is 5.84. The molecule has 1 aromatic heterocycles. The van der Waals surface area contributed by atoms with E-state index in [-0.39, 0.29) is 13.2 Å². The number of aromatic nitrogens is 3. The van der Waals surface area contributed by atoms with Gasteiger partial charge in [-0.25, -0.2) is 4.98 Å². The zero-order chi connectivity index (χ0) is 18.4. The molecule has 2 aromatic carbocycles. The Morgan fingerprint density at radius 3 is 2.58 bits per heavy atom. The summed E-state index contributed by atoms with van der Waals surface area (Å²) in [5.41, 5.74) is 1.79. The lowest BCUT2D eigenvalue weighted by atomic mass is 10.2. The fourth-order valence-electron chi connectivity index (χ4n) is 2.33. The number of benzene rings is 2. The summed E-state index contributed by atoms with van der Waals surface area (Å²) >= 11 is 6.06. The van der Waals surface area contributed by atoms with E-state index in [0.29, 0.717) is 23.2 Å². The highest BCUT2D eigenvalue weighted by molar-refractivity contribution is 6.31. The molecule has 0 bridgehead atoms. The van der Waals surface area contributed by atoms with Crippen LogP contribution in [0.2, 0.25) is 5.02 Å². The number of hydrogen-bond acceptors (Lipinski definition) is 5. The smallest absolute Gasteiger partial charge is 0.181 e. The molecule has 0 aliphatic carbocycles. The van der Waals surface area contributed by atoms with Crippen molar-refractivity contribution in [3.8, 4) is 17.1 Å². The summed E-state index contributed by atoms with van der Waals surface area (Å²) < 4.78 is 12.7. The van der Waals surface area contributed by atoms with Crippen LogP contribution >= 0.6 is 11.6 Å². The molecule has 0 unspecified atom stereocenters. The quantitative estimate of drug-likeness (QED) is 0.657. The summed E-state index contributed by atoms with van der Waals surface area (Å²) in [5.74, 6) is 1.32. The molecule has 0 aliphatic rings. The molecule has 0 aliphatic heterocycles. The number of ether oxygens (including phenoxy) is 2. The summed E-state index contributed by atoms with van der Waals surface area (Å²) in [6.07, 6.45) is 0.924. The Labute approximate surface area is 157 Å². The molecule has 26 heavy (non-hydrogen) atoms. The molecule has 3 rings (SSSR count). The van der Waals surface area contributed by atoms with Crippen molar-refractivity contribution in [1.82, 2.24) is 14.8 Å². The standard InChI is InChI=1S/C19H20ClN3O3/c1-23-13-21-19(22-23)14-6-8-17(9-7-14)26-12-16(24)11-25-10-15-4-2-3-5-18(15)20/h2-9,13,16,24H,10-12H2,1H3/t16-/m0/s1. The third-order valence-corrected chi connectivity index (χ3v) is 4.05. The molecule has 0 radical (unpaired) electrons. The van der Waals surface area contributed by atoms with Gasteiger partial charge in [-0.1, -0.05) is 29.8 Å². The highest BCUT2D eigenvalue weighted by atomic mass is 35.5. The molecule has 136 valence electrons. The van der Waals surface area contributed by atoms with Gasteiger partial charge in [0.15, 0.2) is 5.82 Å². The maximum absolute atomic E-state index is 9.99. The topological polar surface area (TPSA) is 69.4 Å². The average molecular weight is 374 g/mol. The van der Waals surface area contributed by atoms with Crippen molar-refractivity contribution in [3.63, 3.8) is 0 Å². The summed E-state index contributed by atoms with van der Waals surface area (Å²) in [7, 11) is 1.82. The van der Waals surface area contributed by atoms with E-state index in [2.05, 4.69) is 10.1 Å². The zero-order valence-electron chi connectivity index (χ0n) is 14.4. The molecule has 0 saturated carbocycles. The first kappa shape index (κ1) is 18.4. The van der Waals surface area contributed by atoms with E-state index < -0.39 is 6.10 Å². The molecule has 0 fully saturated rings. The van der Waals surface area contributed by atoms with Crippen LogP contribution in [-0.4, -0.2) is 39.2 Å². The maximum Gasteiger partial charge on any atom is 0.181 e. The van der Waals surface area contributed by atoms with Crippen LogP contribution in [0.5, 0.6) is 5.75 Å². The van der Waals surface area contributed by atoms with Gasteiger partial charge >= 0.3 is 0 Å². The lowest BCUT2D eigenvalue weighted by Gasteiger charge is -2.13. The van der Waals surface area contributed by atoms with Crippen LogP contribution in [-0.2, 0) is 18.4 Å². The van der Waals surface area contributed by atoms with Crippen LogP contribution in [0.4, 0.5) is 0 Å². The van der Waals surface area contributed by atoms with Gasteiger partial charge in [0.2, 0.25) is 0 Å². The average Bonchev–Trinajstić information content (AvgIpc) is 3.08. The van der Waals surface area contributed by atoms with E-state index in [1.807, 2.05) is 55.6 Å². The number of aliphatic hydroxyl groups is 1. The fourth-order valence-corrected chi connectivity index (χ4v) is 2.52. The van der Waals surface area contributed by atoms with Crippen molar-refractivity contribution in [2.75, 3.05) is 13.2 Å². The molecule has 0 spiro atoms. The maximum atomic E-state index is 9.99. The van der Waals surface area contributed by atoms with Crippen LogP contribution in [0.3, 0.4) is 0 Å². The van der Waals surface area contributed by atoms with Crippen molar-refractivity contribution in [1.29, 1.82) is 0 Å². The van der Waals surface area contributed by atoms with Crippen LogP contribution in [0.25, 0.3) is 11.4 Å². The van der Waals surface area contributed by atoms with Gasteiger partial charge in [0.05, 0.1) is 13.2 Å². The van der Waals surface area contributed by atoms with E-state index >= 15 is 0 Å². The van der Waals surface area contributed by atoms with Crippen molar-refractivity contribution < 1.29 is 14.6 Å². The first-order valence-corrected chi connectivity index (χ1v) is 8.57. The Bertz CT molecular complexity index is 836. The molecule has 0 saturated heterocycles. The molecular formula is C19H20ClN3O3. The van der Waals surface area contributed by atoms with Crippen molar-refractivity contribution in [2.24, 2.45) is 7.05 Å². The number of aliphatic hydroxyl groups excluding tert-OH is 1. The third-order valence-electron chi connectivity index (χ3n) is 3.68. The third kappa shape index (κ3) is 5.05. The van der Waals surface area contributed by atoms with E-state index in [4.69, 9.17) is 21.1 Å². The highest BCUT2D eigenvalue weighted by Crippen LogP contribution is 2.19. The Morgan fingerprint density at radius 1 is 1.12 bits per heavy atom. The van der Waals surface area contributed by atoms with Crippen molar-refractivity contribution >= 4 is 11.6 Å². The summed E-state index contributed by atoms with van der Waals surface area (Å²) in [5, 5.41) is 14.9. The Hall–Kier alpha value is -2.41. The highest BCUT2D eigenvalue weighted by Gasteiger charge is 2.08. The summed E-state index contributed by atoms with van der Waals surface area (Å²) in [6.45, 7) is 0.660. The van der Waals surface area contributed by atoms with Gasteiger partial charge in [-0.2, -0.15) is 5.10 Å². The molecular weight excluding hydrogens is 354 g/mol. The van der Waals surface area contributed by atoms with Gasteiger partial charge in [0, 0.05) is 17.6 Å². The summed E-state index contributed by atoms with van der Waals surface area (Å²) in [6, 6.07) is 14.9. The second-order valence-corrected chi connectivity index (χ2v) is 6.24. The van der Waals surface area contributed by atoms with Gasteiger partial charge in [0.25, 0.3) is 0 Å². The van der Waals surface area contributed by atoms with Gasteiger partial charge in [-0.3, -0.25) is 4.68 Å². The minimum Gasteiger partial charge on any atom is -0.491 e. The lowest BCUT2D eigenvalue weighted by Crippen LogP contribution is -2.23. The van der Waals surface area contributed by atoms with E-state index in [1.165, 1.54) is 0 Å². The zero-order valence-corrected chi connectivity index (χ0v) is 15.1. The minimum absolute atomic E-state index is 0.143. The predicted octanol–water partition coefficient (Wildman–Crippen LogP) is 3.09. The Kier molecular flexibility index (Phi) is 6.22. The SMILES string of the molecule is Cn1cnc(-c2ccc(OC[C@@H](O)COCc3ccccc3Cl)cc2)n1. The van der Waals surface area contributed by atoms with Crippen LogP contribution in [0, 0.1) is 0 Å². The van der Waals surface area contributed by atoms with Crippen LogP contribution in [0.1, 0.15) is 5.56 Å². The van der Waals surface area contributed by atoms with Crippen molar-refractivity contribution in [2.45, 2.75) is 12.7 Å². The lowest BCUT2D eigenvalue weighted by molar-refractivity contribution is 0.00551. The van der Waals surface area contributed by atoms with E-state index in [9.17, 15) is 5.11 Å². The molecule has 7 heteroatoms. The minimum atomic E-state index is -0.727. The van der Waals surface area contributed by atoms with E-state index in [1.54, 1.807) is 11.0 Å². The van der Waals surface area contributed by atoms with Crippen LogP contribution < -0.4 is 4.74 Å². The normalized spacial score (nSPS) is 12.1. The molecule has 1 N–H and O–H groups in total. The number of nitrogens with zero attached hydrogens (tertiary/aromatic N) is 3. The fraction of sp³-hybridized carbons (Fsp3) is 0.263. The Morgan fingerprint density at radius 2 is 1.88 bits per heavy atom. The number of halogens is 1. The summed E-state index contributed by atoms with van der Waals surface area (Å²) in [4.78, 5) is 4.20. The molecule has 3 aromatic rings. The molecule has 6 nitrogen and oxygen atoms in total. The van der Waals surface area contributed by atoms with Gasteiger partial charge in [-0.15, -0.1) is 0 Å². The van der Waals surface area contributed by atoms with E-state index in [0.717, 1.165) is 11.1 Å². The number of aryl methyl sites for hydroxylation is 1. The van der Waals surface area contributed by atoms with Crippen LogP contribution in [0.15, 0.2) is 54.9 Å². The van der Waals surface area contributed by atoms with Gasteiger partial charge in [0.1, 0.15) is 24.8 Å². The second kappa shape index (κ2) is 8.80. The van der Waals surface area contributed by atoms with Gasteiger partial charge in [-0.05, 0) is 35.9 Å². The molecule has 0 amide bonds. The van der Waals surface area contributed by atoms with Crippen molar-refractivity contribution in [3.05, 3.63) is 65.4 Å². The van der Waals surface area contributed by atoms with Gasteiger partial charge < -0.3 is 14.6 Å². The molecule has 1 atom stereocenters. The largest absolute Gasteiger partial charge is 0.491 e. The first-order chi connectivity index (χ1) is 12.6. The Balaban J connectivity index is 1.43. The number of rotatable bonds is 8. The number of hydrogen-bond donors (Lipinski definition) is 1.